The molecule has 2 N–H and O–H groups in total. The molecule has 6 nitrogen and oxygen atoms in total. The van der Waals surface area contributed by atoms with Crippen LogP contribution in [0.4, 0.5) is 0 Å². The molecule has 1 aliphatic heterocycles. The minimum absolute atomic E-state index is 0. The molecule has 1 atom stereocenters. The minimum atomic E-state index is -3.60. The van der Waals surface area contributed by atoms with Gasteiger partial charge in [-0.1, -0.05) is 25.1 Å². The predicted octanol–water partition coefficient (Wildman–Crippen LogP) is 3.58. The van der Waals surface area contributed by atoms with Gasteiger partial charge in [0.1, 0.15) is 0 Å². The number of guanidine groups is 1. The summed E-state index contributed by atoms with van der Waals surface area (Å²) in [5, 5.41) is 3.35. The number of rotatable bonds is 5. The lowest BCUT2D eigenvalue weighted by atomic mass is 10.0. The smallest absolute Gasteiger partial charge is 0.241 e. The van der Waals surface area contributed by atoms with E-state index in [2.05, 4.69) is 28.8 Å². The second-order valence-electron chi connectivity index (χ2n) is 8.33. The monoisotopic (exact) mass is 522 g/mol. The largest absolute Gasteiger partial charge is 0.357 e. The molecule has 1 fully saturated rings. The Morgan fingerprint density at radius 3 is 2.57 bits per heavy atom. The summed E-state index contributed by atoms with van der Waals surface area (Å²) in [6.07, 6.45) is 2.40. The van der Waals surface area contributed by atoms with E-state index in [1.807, 2.05) is 32.9 Å². The van der Waals surface area contributed by atoms with E-state index in [-0.39, 0.29) is 24.0 Å². The third kappa shape index (κ3) is 7.51. The molecule has 1 heterocycles. The molecule has 0 amide bonds. The zero-order valence-corrected chi connectivity index (χ0v) is 20.8. The molecule has 160 valence electrons. The standard InChI is InChI=1S/C20H34N4O2S.HI/c1-6-21-19(24-13-9-10-16(2)15-24)22-14-17-11-7-8-12-18(17)27(25,26)23-20(3,4)5;/h7-8,11-12,16,23H,6,9-10,13-15H2,1-5H3,(H,21,22);1H. The highest BCUT2D eigenvalue weighted by atomic mass is 127. The number of nitrogens with zero attached hydrogens (tertiary/aromatic N) is 2. The summed E-state index contributed by atoms with van der Waals surface area (Å²) < 4.78 is 28.3. The number of sulfonamides is 1. The molecule has 1 unspecified atom stereocenters. The second-order valence-corrected chi connectivity index (χ2v) is 9.98. The van der Waals surface area contributed by atoms with Crippen molar-refractivity contribution in [2.24, 2.45) is 10.9 Å². The van der Waals surface area contributed by atoms with Crippen LogP contribution in [-0.2, 0) is 16.6 Å². The number of halogens is 1. The Morgan fingerprint density at radius 2 is 1.96 bits per heavy atom. The van der Waals surface area contributed by atoms with E-state index in [9.17, 15) is 8.42 Å². The summed E-state index contributed by atoms with van der Waals surface area (Å²) in [5.41, 5.74) is 0.170. The van der Waals surface area contributed by atoms with Crippen molar-refractivity contribution in [2.75, 3.05) is 19.6 Å². The van der Waals surface area contributed by atoms with Gasteiger partial charge in [-0.3, -0.25) is 0 Å². The number of likely N-dealkylation sites (tertiary alicyclic amines) is 1. The molecule has 1 aromatic rings. The number of hydrogen-bond donors (Lipinski definition) is 2. The van der Waals surface area contributed by atoms with E-state index >= 15 is 0 Å². The SMILES string of the molecule is CCNC(=NCc1ccccc1S(=O)(=O)NC(C)(C)C)N1CCCC(C)C1.I. The van der Waals surface area contributed by atoms with Gasteiger partial charge in [0, 0.05) is 25.2 Å². The second kappa shape index (κ2) is 10.8. The van der Waals surface area contributed by atoms with Crippen LogP contribution in [0.25, 0.3) is 0 Å². The Hall–Kier alpha value is -0.870. The third-order valence-electron chi connectivity index (χ3n) is 4.39. The lowest BCUT2D eigenvalue weighted by molar-refractivity contribution is 0.266. The molecular formula is C20H35IN4O2S. The first-order chi connectivity index (χ1) is 12.6. The molecule has 0 aliphatic carbocycles. The number of hydrogen-bond acceptors (Lipinski definition) is 3. The van der Waals surface area contributed by atoms with Gasteiger partial charge in [-0.2, -0.15) is 0 Å². The fraction of sp³-hybridized carbons (Fsp3) is 0.650. The average Bonchev–Trinajstić information content (AvgIpc) is 2.57. The molecule has 0 spiro atoms. The number of nitrogens with one attached hydrogen (secondary N) is 2. The van der Waals surface area contributed by atoms with Crippen molar-refractivity contribution in [1.82, 2.24) is 14.9 Å². The first-order valence-electron chi connectivity index (χ1n) is 9.77. The Morgan fingerprint density at radius 1 is 1.29 bits per heavy atom. The molecule has 0 saturated carbocycles. The topological polar surface area (TPSA) is 73.8 Å². The van der Waals surface area contributed by atoms with Crippen molar-refractivity contribution < 1.29 is 8.42 Å². The van der Waals surface area contributed by atoms with Gasteiger partial charge in [-0.25, -0.2) is 18.1 Å². The normalized spacial score (nSPS) is 18.5. The van der Waals surface area contributed by atoms with Crippen LogP contribution in [0, 0.1) is 5.92 Å². The van der Waals surface area contributed by atoms with Crippen molar-refractivity contribution in [1.29, 1.82) is 0 Å². The van der Waals surface area contributed by atoms with Gasteiger partial charge in [0.25, 0.3) is 0 Å². The van der Waals surface area contributed by atoms with Gasteiger partial charge in [-0.15, -0.1) is 24.0 Å². The Bertz CT molecular complexity index is 760. The average molecular weight is 522 g/mol. The van der Waals surface area contributed by atoms with Crippen LogP contribution in [0.1, 0.15) is 53.0 Å². The highest BCUT2D eigenvalue weighted by Crippen LogP contribution is 2.20. The predicted molar refractivity (Wildman–Crippen MR) is 127 cm³/mol. The molecule has 0 radical (unpaired) electrons. The Labute approximate surface area is 187 Å². The zero-order valence-electron chi connectivity index (χ0n) is 17.7. The first-order valence-corrected chi connectivity index (χ1v) is 11.3. The minimum Gasteiger partial charge on any atom is -0.357 e. The van der Waals surface area contributed by atoms with E-state index in [1.165, 1.54) is 6.42 Å². The fourth-order valence-corrected chi connectivity index (χ4v) is 4.97. The van der Waals surface area contributed by atoms with E-state index in [4.69, 9.17) is 4.99 Å². The first kappa shape index (κ1) is 25.2. The molecule has 1 aliphatic rings. The van der Waals surface area contributed by atoms with Gasteiger partial charge < -0.3 is 10.2 Å². The van der Waals surface area contributed by atoms with Gasteiger partial charge in [0.05, 0.1) is 11.4 Å². The summed E-state index contributed by atoms with van der Waals surface area (Å²) in [6.45, 7) is 12.9. The molecule has 0 aromatic heterocycles. The van der Waals surface area contributed by atoms with Gasteiger partial charge >= 0.3 is 0 Å². The summed E-state index contributed by atoms with van der Waals surface area (Å²) in [5.74, 6) is 1.51. The summed E-state index contributed by atoms with van der Waals surface area (Å²) >= 11 is 0. The quantitative estimate of drug-likeness (QED) is 0.352. The summed E-state index contributed by atoms with van der Waals surface area (Å²) in [7, 11) is -3.60. The lowest BCUT2D eigenvalue weighted by Crippen LogP contribution is -2.46. The summed E-state index contributed by atoms with van der Waals surface area (Å²) in [4.78, 5) is 7.33. The maximum Gasteiger partial charge on any atom is 0.241 e. The molecular weight excluding hydrogens is 487 g/mol. The fourth-order valence-electron chi connectivity index (χ4n) is 3.32. The Kier molecular flexibility index (Phi) is 9.69. The van der Waals surface area contributed by atoms with Crippen LogP contribution in [0.2, 0.25) is 0 Å². The summed E-state index contributed by atoms with van der Waals surface area (Å²) in [6, 6.07) is 7.09. The van der Waals surface area contributed by atoms with Crippen molar-refractivity contribution in [2.45, 2.75) is 64.4 Å². The van der Waals surface area contributed by atoms with Crippen LogP contribution < -0.4 is 10.0 Å². The van der Waals surface area contributed by atoms with E-state index < -0.39 is 15.6 Å². The molecule has 1 saturated heterocycles. The van der Waals surface area contributed by atoms with Crippen molar-refractivity contribution >= 4 is 40.0 Å². The van der Waals surface area contributed by atoms with Crippen LogP contribution in [0.15, 0.2) is 34.2 Å². The number of aliphatic imine (C=N–C) groups is 1. The third-order valence-corrected chi connectivity index (χ3v) is 6.25. The highest BCUT2D eigenvalue weighted by Gasteiger charge is 2.24. The van der Waals surface area contributed by atoms with Crippen LogP contribution in [0.3, 0.4) is 0 Å². The lowest BCUT2D eigenvalue weighted by Gasteiger charge is -2.33. The van der Waals surface area contributed by atoms with Crippen molar-refractivity contribution in [3.63, 3.8) is 0 Å². The molecule has 8 heteroatoms. The van der Waals surface area contributed by atoms with Crippen LogP contribution in [0.5, 0.6) is 0 Å². The van der Waals surface area contributed by atoms with Crippen LogP contribution >= 0.6 is 24.0 Å². The van der Waals surface area contributed by atoms with Gasteiger partial charge in [-0.05, 0) is 58.1 Å². The van der Waals surface area contributed by atoms with E-state index in [1.54, 1.807) is 12.1 Å². The zero-order chi connectivity index (χ0) is 20.1. The number of benzene rings is 1. The van der Waals surface area contributed by atoms with Crippen molar-refractivity contribution in [3.05, 3.63) is 29.8 Å². The molecule has 2 rings (SSSR count). The maximum absolute atomic E-state index is 12.8. The maximum atomic E-state index is 12.8. The molecule has 28 heavy (non-hydrogen) atoms. The Balaban J connectivity index is 0.00000392. The van der Waals surface area contributed by atoms with E-state index in [0.717, 1.165) is 32.0 Å². The molecule has 0 bridgehead atoms. The molecule has 1 aromatic carbocycles. The van der Waals surface area contributed by atoms with Crippen LogP contribution in [-0.4, -0.2) is 44.5 Å². The van der Waals surface area contributed by atoms with Crippen molar-refractivity contribution in [3.8, 4) is 0 Å². The number of piperidine rings is 1. The van der Waals surface area contributed by atoms with Gasteiger partial charge in [0.15, 0.2) is 5.96 Å². The highest BCUT2D eigenvalue weighted by molar-refractivity contribution is 14.0. The van der Waals surface area contributed by atoms with Gasteiger partial charge in [0.2, 0.25) is 10.0 Å². The van der Waals surface area contributed by atoms with E-state index in [0.29, 0.717) is 22.9 Å².